The summed E-state index contributed by atoms with van der Waals surface area (Å²) < 4.78 is 27.5. The van der Waals surface area contributed by atoms with Crippen LogP contribution in [0.25, 0.3) is 0 Å². The van der Waals surface area contributed by atoms with Crippen LogP contribution >= 0.6 is 0 Å². The molecule has 2 aromatic carbocycles. The third kappa shape index (κ3) is 4.52. The molecule has 0 saturated carbocycles. The Hall–Kier alpha value is -2.98. The fraction of sp³-hybridized carbons (Fsp3) is 0.480. The van der Waals surface area contributed by atoms with Gasteiger partial charge in [0, 0.05) is 50.4 Å². The van der Waals surface area contributed by atoms with Gasteiger partial charge in [0.1, 0.15) is 5.69 Å². The smallest absolute Gasteiger partial charge is 0.293 e. The maximum atomic E-state index is 13.2. The average molecular weight is 499 g/mol. The molecule has 9 nitrogen and oxygen atoms in total. The van der Waals surface area contributed by atoms with E-state index >= 15 is 0 Å². The van der Waals surface area contributed by atoms with Gasteiger partial charge in [-0.25, -0.2) is 8.42 Å². The molecule has 0 aromatic heterocycles. The Bertz CT molecular complexity index is 1230. The number of nitrogens with zero attached hydrogens (tertiary/aromatic N) is 4. The zero-order valence-corrected chi connectivity index (χ0v) is 20.5. The van der Waals surface area contributed by atoms with Crippen LogP contribution in [0.5, 0.6) is 0 Å². The molecular formula is C25H30N4O5S. The number of nitro groups is 1. The van der Waals surface area contributed by atoms with Crippen molar-refractivity contribution in [3.05, 3.63) is 58.1 Å². The summed E-state index contributed by atoms with van der Waals surface area (Å²) in [4.78, 5) is 28.3. The summed E-state index contributed by atoms with van der Waals surface area (Å²) in [6, 6.07) is 12.2. The summed E-state index contributed by atoms with van der Waals surface area (Å²) in [6.07, 6.45) is 4.66. The van der Waals surface area contributed by atoms with Crippen molar-refractivity contribution in [2.75, 3.05) is 42.5 Å². The van der Waals surface area contributed by atoms with Crippen molar-refractivity contribution in [2.24, 2.45) is 5.92 Å². The number of hydrogen-bond donors (Lipinski definition) is 0. The first-order valence-electron chi connectivity index (χ1n) is 12.3. The molecule has 0 bridgehead atoms. The predicted octanol–water partition coefficient (Wildman–Crippen LogP) is 3.58. The molecule has 0 unspecified atom stereocenters. The van der Waals surface area contributed by atoms with Crippen molar-refractivity contribution < 1.29 is 18.1 Å². The first-order valence-corrected chi connectivity index (χ1v) is 13.7. The fourth-order valence-electron chi connectivity index (χ4n) is 5.49. The summed E-state index contributed by atoms with van der Waals surface area (Å²) in [7, 11) is -3.76. The van der Waals surface area contributed by atoms with Gasteiger partial charge in [0.25, 0.3) is 5.69 Å². The number of carbonyl (C=O) groups is 1. The van der Waals surface area contributed by atoms with Gasteiger partial charge in [0.05, 0.1) is 9.82 Å². The normalized spacial score (nSPS) is 19.5. The van der Waals surface area contributed by atoms with Gasteiger partial charge >= 0.3 is 0 Å². The van der Waals surface area contributed by atoms with E-state index in [2.05, 4.69) is 6.07 Å². The maximum absolute atomic E-state index is 13.2. The van der Waals surface area contributed by atoms with E-state index in [1.54, 1.807) is 6.07 Å². The van der Waals surface area contributed by atoms with Crippen molar-refractivity contribution >= 4 is 33.0 Å². The minimum Gasteiger partial charge on any atom is -0.366 e. The molecular weight excluding hydrogens is 468 g/mol. The van der Waals surface area contributed by atoms with Gasteiger partial charge in [-0.05, 0) is 55.9 Å². The lowest BCUT2D eigenvalue weighted by molar-refractivity contribution is -0.384. The van der Waals surface area contributed by atoms with Crippen LogP contribution in [0.4, 0.5) is 17.1 Å². The van der Waals surface area contributed by atoms with Gasteiger partial charge in [0.2, 0.25) is 15.9 Å². The van der Waals surface area contributed by atoms with E-state index in [0.29, 0.717) is 51.3 Å². The molecule has 3 aliphatic rings. The number of carbonyl (C=O) groups excluding carboxylic acids is 1. The van der Waals surface area contributed by atoms with E-state index in [0.717, 1.165) is 31.4 Å². The minimum atomic E-state index is -3.76. The van der Waals surface area contributed by atoms with Crippen LogP contribution < -0.4 is 9.80 Å². The average Bonchev–Trinajstić information content (AvgIpc) is 3.33. The molecule has 10 heteroatoms. The van der Waals surface area contributed by atoms with Crippen molar-refractivity contribution in [3.63, 3.8) is 0 Å². The second-order valence-electron chi connectivity index (χ2n) is 9.50. The largest absolute Gasteiger partial charge is 0.366 e. The third-order valence-corrected chi connectivity index (χ3v) is 9.33. The highest BCUT2D eigenvalue weighted by atomic mass is 32.2. The van der Waals surface area contributed by atoms with Gasteiger partial charge in [-0.3, -0.25) is 14.9 Å². The topological polar surface area (TPSA) is 104 Å². The second kappa shape index (κ2) is 9.58. The Morgan fingerprint density at radius 2 is 1.63 bits per heavy atom. The molecule has 186 valence electrons. The van der Waals surface area contributed by atoms with Crippen LogP contribution in [0.1, 0.15) is 37.7 Å². The quantitative estimate of drug-likeness (QED) is 0.461. The van der Waals surface area contributed by atoms with Crippen LogP contribution in [0.2, 0.25) is 0 Å². The number of benzene rings is 2. The van der Waals surface area contributed by atoms with E-state index in [4.69, 9.17) is 0 Å². The minimum absolute atomic E-state index is 0.0346. The van der Waals surface area contributed by atoms with Crippen molar-refractivity contribution in [1.29, 1.82) is 0 Å². The Balaban J connectivity index is 1.30. The van der Waals surface area contributed by atoms with E-state index in [-0.39, 0.29) is 22.4 Å². The van der Waals surface area contributed by atoms with E-state index in [9.17, 15) is 23.3 Å². The van der Waals surface area contributed by atoms with E-state index < -0.39 is 14.9 Å². The van der Waals surface area contributed by atoms with Gasteiger partial charge in [-0.1, -0.05) is 24.6 Å². The van der Waals surface area contributed by atoms with Crippen molar-refractivity contribution in [2.45, 2.75) is 43.4 Å². The highest BCUT2D eigenvalue weighted by molar-refractivity contribution is 7.89. The van der Waals surface area contributed by atoms with Gasteiger partial charge in [-0.15, -0.1) is 0 Å². The summed E-state index contributed by atoms with van der Waals surface area (Å²) in [5.41, 5.74) is 2.38. The molecule has 2 fully saturated rings. The number of rotatable bonds is 5. The number of sulfonamides is 1. The highest BCUT2D eigenvalue weighted by Crippen LogP contribution is 2.36. The molecule has 1 amide bonds. The number of piperidine rings is 2. The standard InChI is InChI=1S/C25H30N4O5S/c30-25(28-17-12-19-6-2-3-7-22(19)28)20-10-15-26(16-11-20)23-9-8-21(18-24(23)29(31)32)35(33,34)27-13-4-1-5-14-27/h2-3,6-9,18,20H,1,4-5,10-17H2. The molecule has 35 heavy (non-hydrogen) atoms. The molecule has 2 aromatic rings. The second-order valence-corrected chi connectivity index (χ2v) is 11.4. The van der Waals surface area contributed by atoms with Gasteiger partial charge in [0.15, 0.2) is 0 Å². The molecule has 3 heterocycles. The zero-order chi connectivity index (χ0) is 24.6. The van der Waals surface area contributed by atoms with E-state index in [1.807, 2.05) is 28.0 Å². The molecule has 5 rings (SSSR count). The first kappa shape index (κ1) is 23.7. The van der Waals surface area contributed by atoms with Crippen LogP contribution in [-0.4, -0.2) is 56.3 Å². The SMILES string of the molecule is O=C(C1CCN(c2ccc(S(=O)(=O)N3CCCCC3)cc2[N+](=O)[O-])CC1)N1CCc2ccccc21. The maximum Gasteiger partial charge on any atom is 0.293 e. The summed E-state index contributed by atoms with van der Waals surface area (Å²) in [5, 5.41) is 11.9. The van der Waals surface area contributed by atoms with Crippen molar-refractivity contribution in [3.8, 4) is 0 Å². The Kier molecular flexibility index (Phi) is 6.50. The van der Waals surface area contributed by atoms with Crippen LogP contribution in [0.15, 0.2) is 47.4 Å². The summed E-state index contributed by atoms with van der Waals surface area (Å²) in [5.74, 6) is -0.0118. The molecule has 0 N–H and O–H groups in total. The Labute approximate surface area is 205 Å². The lowest BCUT2D eigenvalue weighted by atomic mass is 9.94. The van der Waals surface area contributed by atoms with Gasteiger partial charge < -0.3 is 9.80 Å². The number of fused-ring (bicyclic) bond motifs is 1. The first-order chi connectivity index (χ1) is 16.9. The molecule has 0 aliphatic carbocycles. The monoisotopic (exact) mass is 498 g/mol. The predicted molar refractivity (Wildman–Crippen MR) is 133 cm³/mol. The summed E-state index contributed by atoms with van der Waals surface area (Å²) in [6.45, 7) is 2.59. The summed E-state index contributed by atoms with van der Waals surface area (Å²) >= 11 is 0. The third-order valence-electron chi connectivity index (χ3n) is 7.43. The number of anilines is 2. The lowest BCUT2D eigenvalue weighted by Crippen LogP contribution is -2.42. The lowest BCUT2D eigenvalue weighted by Gasteiger charge is -2.34. The van der Waals surface area contributed by atoms with E-state index in [1.165, 1.54) is 22.0 Å². The van der Waals surface area contributed by atoms with Crippen LogP contribution in [0, 0.1) is 16.0 Å². The number of para-hydroxylation sites is 1. The van der Waals surface area contributed by atoms with Crippen LogP contribution in [0.3, 0.4) is 0 Å². The molecule has 0 atom stereocenters. The molecule has 3 aliphatic heterocycles. The van der Waals surface area contributed by atoms with Gasteiger partial charge in [-0.2, -0.15) is 4.31 Å². The Morgan fingerprint density at radius 1 is 0.914 bits per heavy atom. The molecule has 2 saturated heterocycles. The molecule has 0 radical (unpaired) electrons. The number of amides is 1. The highest BCUT2D eigenvalue weighted by Gasteiger charge is 2.34. The fourth-order valence-corrected chi connectivity index (χ4v) is 7.02. The number of hydrogen-bond acceptors (Lipinski definition) is 6. The number of nitro benzene ring substituents is 1. The molecule has 0 spiro atoms. The Morgan fingerprint density at radius 3 is 2.34 bits per heavy atom. The zero-order valence-electron chi connectivity index (χ0n) is 19.6. The van der Waals surface area contributed by atoms with Crippen LogP contribution in [-0.2, 0) is 21.2 Å². The van der Waals surface area contributed by atoms with Crippen molar-refractivity contribution in [1.82, 2.24) is 4.31 Å².